The van der Waals surface area contributed by atoms with Crippen molar-refractivity contribution in [2.75, 3.05) is 5.32 Å². The van der Waals surface area contributed by atoms with E-state index in [9.17, 15) is 4.79 Å². The minimum atomic E-state index is -0.0953. The molecule has 0 saturated carbocycles. The third-order valence-corrected chi connectivity index (χ3v) is 5.32. The molecule has 0 aliphatic rings. The number of hydrogen-bond donors (Lipinski definition) is 1. The lowest BCUT2D eigenvalue weighted by Crippen LogP contribution is -2.12. The van der Waals surface area contributed by atoms with Gasteiger partial charge < -0.3 is 5.32 Å². The van der Waals surface area contributed by atoms with Crippen LogP contribution in [0.15, 0.2) is 41.8 Å². The molecule has 0 radical (unpaired) electrons. The summed E-state index contributed by atoms with van der Waals surface area (Å²) in [4.78, 5) is 18.7. The van der Waals surface area contributed by atoms with Crippen LogP contribution in [-0.2, 0) is 0 Å². The molecule has 0 aliphatic heterocycles. The number of amides is 1. The van der Waals surface area contributed by atoms with Crippen LogP contribution in [-0.4, -0.2) is 10.9 Å². The number of para-hydroxylation sites is 1. The number of aryl methyl sites for hydroxylation is 2. The van der Waals surface area contributed by atoms with E-state index >= 15 is 0 Å². The molecule has 3 nitrogen and oxygen atoms in total. The first-order chi connectivity index (χ1) is 10.1. The molecule has 2 aromatic heterocycles. The summed E-state index contributed by atoms with van der Waals surface area (Å²) in [5.74, 6) is -0.0953. The van der Waals surface area contributed by atoms with Crippen LogP contribution >= 0.6 is 22.7 Å². The summed E-state index contributed by atoms with van der Waals surface area (Å²) in [6.07, 6.45) is 0. The normalized spacial score (nSPS) is 10.6. The minimum Gasteiger partial charge on any atom is -0.321 e. The number of hydrogen-bond acceptors (Lipinski definition) is 4. The average molecular weight is 314 g/mol. The maximum atomic E-state index is 12.4. The quantitative estimate of drug-likeness (QED) is 0.758. The monoisotopic (exact) mass is 314 g/mol. The van der Waals surface area contributed by atoms with E-state index in [4.69, 9.17) is 0 Å². The zero-order valence-corrected chi connectivity index (χ0v) is 13.3. The molecule has 5 heteroatoms. The molecule has 0 aliphatic carbocycles. The van der Waals surface area contributed by atoms with Crippen LogP contribution in [0.2, 0.25) is 0 Å². The molecule has 0 unspecified atom stereocenters. The van der Waals surface area contributed by atoms with Crippen LogP contribution < -0.4 is 5.32 Å². The molecule has 0 spiro atoms. The van der Waals surface area contributed by atoms with Crippen molar-refractivity contribution >= 4 is 34.3 Å². The SMILES string of the molecule is Cc1ccccc1NC(=O)c1sc(-c2cccs2)nc1C. The Morgan fingerprint density at radius 1 is 1.14 bits per heavy atom. The van der Waals surface area contributed by atoms with E-state index in [0.29, 0.717) is 4.88 Å². The van der Waals surface area contributed by atoms with Crippen molar-refractivity contribution in [3.05, 3.63) is 57.9 Å². The van der Waals surface area contributed by atoms with Gasteiger partial charge in [0, 0.05) is 5.69 Å². The van der Waals surface area contributed by atoms with Crippen molar-refractivity contribution in [3.63, 3.8) is 0 Å². The number of thiazole rings is 1. The molecule has 3 rings (SSSR count). The Morgan fingerprint density at radius 3 is 2.67 bits per heavy atom. The first-order valence-corrected chi connectivity index (χ1v) is 8.23. The van der Waals surface area contributed by atoms with Crippen LogP contribution in [0.5, 0.6) is 0 Å². The minimum absolute atomic E-state index is 0.0953. The Kier molecular flexibility index (Phi) is 3.86. The second kappa shape index (κ2) is 5.79. The van der Waals surface area contributed by atoms with Gasteiger partial charge in [-0.15, -0.1) is 22.7 Å². The molecule has 106 valence electrons. The van der Waals surface area contributed by atoms with E-state index in [2.05, 4.69) is 10.3 Å². The first-order valence-electron chi connectivity index (χ1n) is 6.53. The first kappa shape index (κ1) is 14.0. The summed E-state index contributed by atoms with van der Waals surface area (Å²) in [7, 11) is 0. The van der Waals surface area contributed by atoms with Crippen LogP contribution in [0.25, 0.3) is 9.88 Å². The van der Waals surface area contributed by atoms with Gasteiger partial charge in [-0.3, -0.25) is 4.79 Å². The summed E-state index contributed by atoms with van der Waals surface area (Å²) >= 11 is 3.07. The summed E-state index contributed by atoms with van der Waals surface area (Å²) in [6.45, 7) is 3.85. The Morgan fingerprint density at radius 2 is 1.95 bits per heavy atom. The Bertz CT molecular complexity index is 775. The third-order valence-electron chi connectivity index (χ3n) is 3.13. The molecule has 3 aromatic rings. The van der Waals surface area contributed by atoms with Crippen molar-refractivity contribution < 1.29 is 4.79 Å². The lowest BCUT2D eigenvalue weighted by molar-refractivity contribution is 0.102. The van der Waals surface area contributed by atoms with Crippen LogP contribution in [0.1, 0.15) is 20.9 Å². The van der Waals surface area contributed by atoms with Crippen molar-refractivity contribution in [2.45, 2.75) is 13.8 Å². The lowest BCUT2D eigenvalue weighted by Gasteiger charge is -2.06. The number of aromatic nitrogens is 1. The van der Waals surface area contributed by atoms with E-state index < -0.39 is 0 Å². The van der Waals surface area contributed by atoms with Gasteiger partial charge in [-0.2, -0.15) is 0 Å². The molecule has 1 N–H and O–H groups in total. The zero-order valence-electron chi connectivity index (χ0n) is 11.7. The number of benzene rings is 1. The van der Waals surface area contributed by atoms with E-state index in [1.54, 1.807) is 11.3 Å². The molecule has 2 heterocycles. The fourth-order valence-corrected chi connectivity index (χ4v) is 3.76. The number of thiophene rings is 1. The van der Waals surface area contributed by atoms with E-state index in [1.807, 2.05) is 55.6 Å². The second-order valence-corrected chi connectivity index (χ2v) is 6.63. The molecule has 1 aromatic carbocycles. The molecular weight excluding hydrogens is 300 g/mol. The van der Waals surface area contributed by atoms with Crippen LogP contribution in [0.3, 0.4) is 0 Å². The number of carbonyl (C=O) groups excluding carboxylic acids is 1. The number of nitrogens with one attached hydrogen (secondary N) is 1. The summed E-state index contributed by atoms with van der Waals surface area (Å²) in [5, 5.41) is 5.87. The fourth-order valence-electron chi connectivity index (χ4n) is 2.00. The number of rotatable bonds is 3. The van der Waals surface area contributed by atoms with Gasteiger partial charge in [0.1, 0.15) is 9.88 Å². The molecule has 0 saturated heterocycles. The predicted octanol–water partition coefficient (Wildman–Crippen LogP) is 4.74. The van der Waals surface area contributed by atoms with Gasteiger partial charge in [0.05, 0.1) is 10.6 Å². The van der Waals surface area contributed by atoms with Crippen LogP contribution in [0.4, 0.5) is 5.69 Å². The number of anilines is 1. The van der Waals surface area contributed by atoms with Gasteiger partial charge in [-0.05, 0) is 36.9 Å². The third kappa shape index (κ3) is 2.89. The van der Waals surface area contributed by atoms with Gasteiger partial charge in [-0.1, -0.05) is 24.3 Å². The van der Waals surface area contributed by atoms with Crippen molar-refractivity contribution in [2.24, 2.45) is 0 Å². The highest BCUT2D eigenvalue weighted by Gasteiger charge is 2.17. The average Bonchev–Trinajstić information content (AvgIpc) is 3.10. The van der Waals surface area contributed by atoms with Crippen LogP contribution in [0, 0.1) is 13.8 Å². The fraction of sp³-hybridized carbons (Fsp3) is 0.125. The van der Waals surface area contributed by atoms with E-state index in [0.717, 1.165) is 26.8 Å². The maximum Gasteiger partial charge on any atom is 0.267 e. The molecule has 0 bridgehead atoms. The largest absolute Gasteiger partial charge is 0.321 e. The standard InChI is InChI=1S/C16H14N2OS2/c1-10-6-3-4-7-12(10)18-15(19)14-11(2)17-16(21-14)13-8-5-9-20-13/h3-9H,1-2H3,(H,18,19). The molecule has 1 amide bonds. The van der Waals surface area contributed by atoms with Gasteiger partial charge >= 0.3 is 0 Å². The number of nitrogens with zero attached hydrogens (tertiary/aromatic N) is 1. The van der Waals surface area contributed by atoms with Crippen molar-refractivity contribution in [1.29, 1.82) is 0 Å². The smallest absolute Gasteiger partial charge is 0.267 e. The highest BCUT2D eigenvalue weighted by Crippen LogP contribution is 2.31. The lowest BCUT2D eigenvalue weighted by atomic mass is 10.2. The second-order valence-electron chi connectivity index (χ2n) is 4.68. The van der Waals surface area contributed by atoms with Gasteiger partial charge in [0.25, 0.3) is 5.91 Å². The zero-order chi connectivity index (χ0) is 14.8. The highest BCUT2D eigenvalue weighted by atomic mass is 32.1. The highest BCUT2D eigenvalue weighted by molar-refractivity contribution is 7.22. The van der Waals surface area contributed by atoms with Crippen molar-refractivity contribution in [1.82, 2.24) is 4.98 Å². The molecular formula is C16H14N2OS2. The van der Waals surface area contributed by atoms with Gasteiger partial charge in [0.2, 0.25) is 0 Å². The Hall–Kier alpha value is -1.98. The topological polar surface area (TPSA) is 42.0 Å². The molecule has 0 atom stereocenters. The van der Waals surface area contributed by atoms with E-state index in [1.165, 1.54) is 11.3 Å². The number of carbonyl (C=O) groups is 1. The molecule has 21 heavy (non-hydrogen) atoms. The Labute approximate surface area is 131 Å². The summed E-state index contributed by atoms with van der Waals surface area (Å²) < 4.78 is 0. The molecule has 0 fully saturated rings. The van der Waals surface area contributed by atoms with E-state index in [-0.39, 0.29) is 5.91 Å². The Balaban J connectivity index is 1.87. The maximum absolute atomic E-state index is 12.4. The predicted molar refractivity (Wildman–Crippen MR) is 89.3 cm³/mol. The summed E-state index contributed by atoms with van der Waals surface area (Å²) in [6, 6.07) is 11.8. The summed E-state index contributed by atoms with van der Waals surface area (Å²) in [5.41, 5.74) is 2.66. The van der Waals surface area contributed by atoms with Gasteiger partial charge in [-0.25, -0.2) is 4.98 Å². The van der Waals surface area contributed by atoms with Gasteiger partial charge in [0.15, 0.2) is 0 Å². The van der Waals surface area contributed by atoms with Crippen molar-refractivity contribution in [3.8, 4) is 9.88 Å².